The molecule has 1 N–H and O–H groups in total. The van der Waals surface area contributed by atoms with E-state index in [1.165, 1.54) is 4.57 Å². The minimum atomic E-state index is -0.572. The van der Waals surface area contributed by atoms with Gasteiger partial charge in [0.15, 0.2) is 0 Å². The molecule has 4 aromatic rings. The lowest BCUT2D eigenvalue weighted by Gasteiger charge is -2.20. The fraction of sp³-hybridized carbons (Fsp3) is 0.292. The van der Waals surface area contributed by atoms with Crippen molar-refractivity contribution in [2.45, 2.75) is 26.1 Å². The average molecular weight is 450 g/mol. The summed E-state index contributed by atoms with van der Waals surface area (Å²) in [6.07, 6.45) is 3.48. The number of imidazole rings is 2. The fourth-order valence-corrected chi connectivity index (χ4v) is 4.03. The highest BCUT2D eigenvalue weighted by molar-refractivity contribution is 5.81. The molecule has 9 heteroatoms. The van der Waals surface area contributed by atoms with Crippen LogP contribution in [0.2, 0.25) is 0 Å². The maximum Gasteiger partial charge on any atom is 0.329 e. The second-order valence-electron chi connectivity index (χ2n) is 7.64. The summed E-state index contributed by atoms with van der Waals surface area (Å²) in [5.41, 5.74) is 2.05. The first-order chi connectivity index (χ1) is 16.0. The van der Waals surface area contributed by atoms with Crippen LogP contribution in [0.4, 0.5) is 0 Å². The van der Waals surface area contributed by atoms with Gasteiger partial charge in [0, 0.05) is 32.1 Å². The molecule has 0 spiro atoms. The van der Waals surface area contributed by atoms with Crippen molar-refractivity contribution in [3.63, 3.8) is 0 Å². The molecule has 2 aromatic carbocycles. The minimum absolute atomic E-state index is 0.117. The van der Waals surface area contributed by atoms with Gasteiger partial charge in [0.2, 0.25) is 5.91 Å². The van der Waals surface area contributed by atoms with E-state index >= 15 is 0 Å². The van der Waals surface area contributed by atoms with Gasteiger partial charge in [0.25, 0.3) is 0 Å². The van der Waals surface area contributed by atoms with E-state index in [4.69, 9.17) is 9.47 Å². The Balaban J connectivity index is 1.71. The molecule has 0 bridgehead atoms. The normalized spacial score (nSPS) is 12.0. The third-order valence-electron chi connectivity index (χ3n) is 5.67. The maximum atomic E-state index is 13.2. The standard InChI is InChI=1S/C24H27N5O4/c1-5-28-19-8-6-7-9-20(19)29(24(28)31)15-21(30)26-22(23-25-10-11-27(23)2)16-12-17(32-3)14-18(13-16)33-4/h6-14,22H,5,15H2,1-4H3,(H,26,30). The lowest BCUT2D eigenvalue weighted by Crippen LogP contribution is -2.36. The van der Waals surface area contributed by atoms with Gasteiger partial charge in [-0.3, -0.25) is 13.9 Å². The molecule has 1 amide bonds. The highest BCUT2D eigenvalue weighted by Crippen LogP contribution is 2.29. The number of amides is 1. The van der Waals surface area contributed by atoms with Crippen LogP contribution in [0.25, 0.3) is 11.0 Å². The number of fused-ring (bicyclic) bond motifs is 1. The van der Waals surface area contributed by atoms with Gasteiger partial charge in [-0.1, -0.05) is 12.1 Å². The molecule has 0 aliphatic carbocycles. The predicted octanol–water partition coefficient (Wildman–Crippen LogP) is 2.48. The lowest BCUT2D eigenvalue weighted by atomic mass is 10.0. The molecule has 0 radical (unpaired) electrons. The van der Waals surface area contributed by atoms with Gasteiger partial charge in [-0.2, -0.15) is 0 Å². The number of aryl methyl sites for hydroxylation is 2. The molecular formula is C24H27N5O4. The molecule has 0 saturated carbocycles. The third kappa shape index (κ3) is 4.21. The molecule has 9 nitrogen and oxygen atoms in total. The molecule has 2 aromatic heterocycles. The number of nitrogens with zero attached hydrogens (tertiary/aromatic N) is 4. The van der Waals surface area contributed by atoms with Crippen molar-refractivity contribution in [1.82, 2.24) is 24.0 Å². The molecule has 0 aliphatic rings. The Morgan fingerprint density at radius 2 is 1.70 bits per heavy atom. The van der Waals surface area contributed by atoms with Crippen molar-refractivity contribution < 1.29 is 14.3 Å². The number of nitrogens with one attached hydrogen (secondary N) is 1. The Bertz CT molecular complexity index is 1330. The molecule has 0 fully saturated rings. The van der Waals surface area contributed by atoms with Gasteiger partial charge in [0.1, 0.15) is 29.9 Å². The molecule has 1 unspecified atom stereocenters. The summed E-state index contributed by atoms with van der Waals surface area (Å²) in [7, 11) is 5.00. The summed E-state index contributed by atoms with van der Waals surface area (Å²) in [4.78, 5) is 30.6. The number of carbonyl (C=O) groups is 1. The Labute approximate surface area is 191 Å². The van der Waals surface area contributed by atoms with Crippen molar-refractivity contribution in [3.05, 3.63) is 76.7 Å². The zero-order chi connectivity index (χ0) is 23.5. The van der Waals surface area contributed by atoms with Crippen LogP contribution < -0.4 is 20.5 Å². The van der Waals surface area contributed by atoms with Gasteiger partial charge < -0.3 is 19.4 Å². The number of para-hydroxylation sites is 2. The number of benzene rings is 2. The zero-order valence-corrected chi connectivity index (χ0v) is 19.1. The van der Waals surface area contributed by atoms with Crippen LogP contribution in [0.3, 0.4) is 0 Å². The van der Waals surface area contributed by atoms with Crippen LogP contribution in [0.15, 0.2) is 59.7 Å². The monoisotopic (exact) mass is 449 g/mol. The van der Waals surface area contributed by atoms with Crippen molar-refractivity contribution >= 4 is 16.9 Å². The number of rotatable bonds is 8. The average Bonchev–Trinajstić information content (AvgIpc) is 3.37. The van der Waals surface area contributed by atoms with E-state index in [2.05, 4.69) is 10.3 Å². The van der Waals surface area contributed by atoms with Crippen LogP contribution in [0.5, 0.6) is 11.5 Å². The van der Waals surface area contributed by atoms with Crippen molar-refractivity contribution in [1.29, 1.82) is 0 Å². The summed E-state index contributed by atoms with van der Waals surface area (Å²) in [6.45, 7) is 2.31. The van der Waals surface area contributed by atoms with E-state index in [0.29, 0.717) is 23.9 Å². The Hall–Kier alpha value is -4.01. The van der Waals surface area contributed by atoms with E-state index in [0.717, 1.165) is 16.6 Å². The summed E-state index contributed by atoms with van der Waals surface area (Å²) in [6, 6.07) is 12.3. The molecule has 172 valence electrons. The molecule has 2 heterocycles. The predicted molar refractivity (Wildman–Crippen MR) is 125 cm³/mol. The molecular weight excluding hydrogens is 422 g/mol. The quantitative estimate of drug-likeness (QED) is 0.446. The highest BCUT2D eigenvalue weighted by Gasteiger charge is 2.23. The second-order valence-corrected chi connectivity index (χ2v) is 7.64. The largest absolute Gasteiger partial charge is 0.497 e. The lowest BCUT2D eigenvalue weighted by molar-refractivity contribution is -0.122. The van der Waals surface area contributed by atoms with Crippen LogP contribution in [-0.4, -0.2) is 38.8 Å². The zero-order valence-electron chi connectivity index (χ0n) is 19.1. The topological polar surface area (TPSA) is 92.3 Å². The van der Waals surface area contributed by atoms with Gasteiger partial charge in [-0.05, 0) is 36.8 Å². The number of carbonyl (C=O) groups excluding carboxylic acids is 1. The highest BCUT2D eigenvalue weighted by atomic mass is 16.5. The molecule has 0 saturated heterocycles. The van der Waals surface area contributed by atoms with E-state index in [9.17, 15) is 9.59 Å². The van der Waals surface area contributed by atoms with E-state index in [-0.39, 0.29) is 18.1 Å². The minimum Gasteiger partial charge on any atom is -0.497 e. The number of ether oxygens (including phenoxy) is 2. The molecule has 0 aliphatic heterocycles. The Morgan fingerprint density at radius 1 is 1.06 bits per heavy atom. The van der Waals surface area contributed by atoms with Crippen LogP contribution in [0, 0.1) is 0 Å². The Morgan fingerprint density at radius 3 is 2.24 bits per heavy atom. The molecule has 4 rings (SSSR count). The summed E-state index contributed by atoms with van der Waals surface area (Å²) in [5.74, 6) is 1.52. The van der Waals surface area contributed by atoms with Crippen LogP contribution in [0.1, 0.15) is 24.4 Å². The van der Waals surface area contributed by atoms with Crippen molar-refractivity contribution in [2.24, 2.45) is 7.05 Å². The van der Waals surface area contributed by atoms with Crippen molar-refractivity contribution in [2.75, 3.05) is 14.2 Å². The van der Waals surface area contributed by atoms with E-state index < -0.39 is 6.04 Å². The van der Waals surface area contributed by atoms with E-state index in [1.54, 1.807) is 31.0 Å². The SMILES string of the molecule is CCn1c(=O)n(CC(=O)NC(c2cc(OC)cc(OC)c2)c2nccn2C)c2ccccc21. The van der Waals surface area contributed by atoms with Gasteiger partial charge in [0.05, 0.1) is 25.3 Å². The number of hydrogen-bond acceptors (Lipinski definition) is 5. The first-order valence-corrected chi connectivity index (χ1v) is 10.6. The van der Waals surface area contributed by atoms with Crippen LogP contribution in [-0.2, 0) is 24.9 Å². The smallest absolute Gasteiger partial charge is 0.329 e. The number of aromatic nitrogens is 4. The fourth-order valence-electron chi connectivity index (χ4n) is 4.03. The third-order valence-corrected chi connectivity index (χ3v) is 5.67. The summed E-state index contributed by atoms with van der Waals surface area (Å²) in [5, 5.41) is 3.04. The maximum absolute atomic E-state index is 13.2. The first-order valence-electron chi connectivity index (χ1n) is 10.6. The second kappa shape index (κ2) is 9.23. The summed E-state index contributed by atoms with van der Waals surface area (Å²) < 4.78 is 15.8. The summed E-state index contributed by atoms with van der Waals surface area (Å²) >= 11 is 0. The van der Waals surface area contributed by atoms with Gasteiger partial charge >= 0.3 is 5.69 Å². The van der Waals surface area contributed by atoms with Gasteiger partial charge in [-0.15, -0.1) is 0 Å². The van der Waals surface area contributed by atoms with Crippen LogP contribution >= 0.6 is 0 Å². The van der Waals surface area contributed by atoms with E-state index in [1.807, 2.05) is 61.1 Å². The number of hydrogen-bond donors (Lipinski definition) is 1. The molecule has 1 atom stereocenters. The molecule has 33 heavy (non-hydrogen) atoms. The number of methoxy groups -OCH3 is 2. The van der Waals surface area contributed by atoms with Gasteiger partial charge in [-0.25, -0.2) is 9.78 Å². The van der Waals surface area contributed by atoms with Crippen molar-refractivity contribution in [3.8, 4) is 11.5 Å². The Kier molecular flexibility index (Phi) is 6.21. The first kappa shape index (κ1) is 22.2.